The minimum Gasteiger partial charge on any atom is -0.480 e. The Labute approximate surface area is 114 Å². The van der Waals surface area contributed by atoms with Gasteiger partial charge in [-0.15, -0.1) is 0 Å². The molecule has 0 saturated heterocycles. The lowest BCUT2D eigenvalue weighted by molar-refractivity contribution is -0.144. The van der Waals surface area contributed by atoms with Crippen molar-refractivity contribution in [3.63, 3.8) is 0 Å². The quantitative estimate of drug-likeness (QED) is 0.684. The predicted octanol–water partition coefficient (Wildman–Crippen LogP) is 1.65. The Kier molecular flexibility index (Phi) is 5.79. The van der Waals surface area contributed by atoms with Gasteiger partial charge in [-0.25, -0.2) is 4.79 Å². The van der Waals surface area contributed by atoms with Crippen LogP contribution in [0.3, 0.4) is 0 Å². The van der Waals surface area contributed by atoms with Gasteiger partial charge in [0.05, 0.1) is 5.54 Å². The molecule has 0 bridgehead atoms. The van der Waals surface area contributed by atoms with Crippen LogP contribution in [0.5, 0.6) is 0 Å². The molecule has 0 spiro atoms. The van der Waals surface area contributed by atoms with Crippen LogP contribution in [0.15, 0.2) is 0 Å². The summed E-state index contributed by atoms with van der Waals surface area (Å²) in [4.78, 5) is 23.6. The van der Waals surface area contributed by atoms with Gasteiger partial charge in [0.25, 0.3) is 0 Å². The summed E-state index contributed by atoms with van der Waals surface area (Å²) >= 11 is 0. The number of carbonyl (C=O) groups is 2. The van der Waals surface area contributed by atoms with E-state index in [1.54, 1.807) is 0 Å². The summed E-state index contributed by atoms with van der Waals surface area (Å²) in [5.41, 5.74) is 5.06. The number of hydrogen-bond acceptors (Lipinski definition) is 3. The zero-order chi connectivity index (χ0) is 14.5. The van der Waals surface area contributed by atoms with E-state index in [0.717, 1.165) is 32.1 Å². The average molecular weight is 270 g/mol. The summed E-state index contributed by atoms with van der Waals surface area (Å²) in [6.07, 6.45) is 5.99. The molecule has 110 valence electrons. The minimum atomic E-state index is -0.956. The summed E-state index contributed by atoms with van der Waals surface area (Å²) in [7, 11) is 0. The lowest BCUT2D eigenvalue weighted by Gasteiger charge is -2.32. The number of nitrogens with one attached hydrogen (secondary N) is 1. The van der Waals surface area contributed by atoms with E-state index in [1.807, 2.05) is 13.8 Å². The monoisotopic (exact) mass is 270 g/mol. The molecule has 0 aromatic rings. The minimum absolute atomic E-state index is 0.0353. The second-order valence-electron chi connectivity index (χ2n) is 5.55. The molecule has 0 heterocycles. The van der Waals surface area contributed by atoms with Crippen LogP contribution in [0, 0.1) is 5.92 Å². The Hall–Kier alpha value is -1.10. The summed E-state index contributed by atoms with van der Waals surface area (Å²) in [6, 6.07) is -0.797. The highest BCUT2D eigenvalue weighted by molar-refractivity contribution is 5.90. The van der Waals surface area contributed by atoms with Crippen LogP contribution in [-0.4, -0.2) is 28.6 Å². The summed E-state index contributed by atoms with van der Waals surface area (Å²) in [5.74, 6) is -1.25. The van der Waals surface area contributed by atoms with Gasteiger partial charge in [0.2, 0.25) is 5.91 Å². The highest BCUT2D eigenvalue weighted by atomic mass is 16.4. The van der Waals surface area contributed by atoms with Gasteiger partial charge < -0.3 is 16.2 Å². The third-order valence-electron chi connectivity index (χ3n) is 4.39. The number of hydrogen-bond donors (Lipinski definition) is 3. The van der Waals surface area contributed by atoms with Crippen LogP contribution in [-0.2, 0) is 9.59 Å². The van der Waals surface area contributed by atoms with E-state index in [2.05, 4.69) is 5.32 Å². The Balaban J connectivity index is 2.73. The number of rotatable bonds is 6. The number of carbonyl (C=O) groups excluding carboxylic acids is 1. The third kappa shape index (κ3) is 3.93. The Morgan fingerprint density at radius 1 is 1.26 bits per heavy atom. The predicted molar refractivity (Wildman–Crippen MR) is 73.6 cm³/mol. The van der Waals surface area contributed by atoms with Gasteiger partial charge in [0.1, 0.15) is 6.04 Å². The number of carboxylic acids is 1. The standard InChI is InChI=1S/C14H26N2O3/c1-3-14(15,4-2)13(19)16-11(12(17)18)10-8-6-5-7-9-10/h10-11H,3-9,15H2,1-2H3,(H,16,19)(H,17,18). The van der Waals surface area contributed by atoms with E-state index in [-0.39, 0.29) is 11.8 Å². The Morgan fingerprint density at radius 3 is 2.21 bits per heavy atom. The zero-order valence-electron chi connectivity index (χ0n) is 11.9. The molecule has 4 N–H and O–H groups in total. The van der Waals surface area contributed by atoms with Crippen LogP contribution < -0.4 is 11.1 Å². The molecular formula is C14H26N2O3. The molecule has 1 fully saturated rings. The largest absolute Gasteiger partial charge is 0.480 e. The molecule has 19 heavy (non-hydrogen) atoms. The Morgan fingerprint density at radius 2 is 1.79 bits per heavy atom. The van der Waals surface area contributed by atoms with Crippen molar-refractivity contribution in [2.75, 3.05) is 0 Å². The van der Waals surface area contributed by atoms with Crippen molar-refractivity contribution in [1.82, 2.24) is 5.32 Å². The van der Waals surface area contributed by atoms with Gasteiger partial charge in [-0.1, -0.05) is 33.1 Å². The van der Waals surface area contributed by atoms with Crippen molar-refractivity contribution in [3.05, 3.63) is 0 Å². The average Bonchev–Trinajstić information content (AvgIpc) is 2.44. The molecule has 1 unspecified atom stereocenters. The van der Waals surface area contributed by atoms with E-state index in [9.17, 15) is 14.7 Å². The van der Waals surface area contributed by atoms with E-state index in [1.165, 1.54) is 0 Å². The molecule has 0 aromatic heterocycles. The van der Waals surface area contributed by atoms with E-state index >= 15 is 0 Å². The maximum atomic E-state index is 12.2. The molecule has 1 amide bonds. The molecule has 0 radical (unpaired) electrons. The van der Waals surface area contributed by atoms with Gasteiger partial charge in [0, 0.05) is 0 Å². The topological polar surface area (TPSA) is 92.4 Å². The molecule has 5 nitrogen and oxygen atoms in total. The summed E-state index contributed by atoms with van der Waals surface area (Å²) < 4.78 is 0. The molecule has 1 aliphatic rings. The molecule has 1 rings (SSSR count). The first-order valence-corrected chi connectivity index (χ1v) is 7.27. The highest BCUT2D eigenvalue weighted by Gasteiger charge is 2.36. The first-order chi connectivity index (χ1) is 8.94. The van der Waals surface area contributed by atoms with Crippen LogP contribution in [0.25, 0.3) is 0 Å². The molecule has 1 atom stereocenters. The molecule has 0 aromatic carbocycles. The number of aliphatic carboxylic acids is 1. The summed E-state index contributed by atoms with van der Waals surface area (Å²) in [5, 5.41) is 12.0. The third-order valence-corrected chi connectivity index (χ3v) is 4.39. The van der Waals surface area contributed by atoms with Crippen LogP contribution >= 0.6 is 0 Å². The van der Waals surface area contributed by atoms with E-state index in [4.69, 9.17) is 5.73 Å². The highest BCUT2D eigenvalue weighted by Crippen LogP contribution is 2.27. The first kappa shape index (κ1) is 16.0. The fraction of sp³-hybridized carbons (Fsp3) is 0.857. The molecule has 1 aliphatic carbocycles. The van der Waals surface area contributed by atoms with Crippen LogP contribution in [0.4, 0.5) is 0 Å². The van der Waals surface area contributed by atoms with Gasteiger partial charge in [-0.2, -0.15) is 0 Å². The normalized spacial score (nSPS) is 18.9. The molecule has 5 heteroatoms. The Bertz CT molecular complexity index is 321. The second-order valence-corrected chi connectivity index (χ2v) is 5.55. The van der Waals surface area contributed by atoms with Crippen molar-refractivity contribution >= 4 is 11.9 Å². The van der Waals surface area contributed by atoms with E-state index in [0.29, 0.717) is 12.8 Å². The first-order valence-electron chi connectivity index (χ1n) is 7.27. The van der Waals surface area contributed by atoms with Crippen LogP contribution in [0.1, 0.15) is 58.8 Å². The maximum absolute atomic E-state index is 12.2. The van der Waals surface area contributed by atoms with Gasteiger partial charge in [0.15, 0.2) is 0 Å². The van der Waals surface area contributed by atoms with E-state index < -0.39 is 17.6 Å². The summed E-state index contributed by atoms with van der Waals surface area (Å²) in [6.45, 7) is 3.69. The smallest absolute Gasteiger partial charge is 0.326 e. The second kappa shape index (κ2) is 6.89. The number of nitrogens with two attached hydrogens (primary N) is 1. The van der Waals surface area contributed by atoms with Gasteiger partial charge >= 0.3 is 5.97 Å². The molecule has 0 aliphatic heterocycles. The van der Waals surface area contributed by atoms with Gasteiger partial charge in [-0.05, 0) is 31.6 Å². The number of amides is 1. The molecular weight excluding hydrogens is 244 g/mol. The lowest BCUT2D eigenvalue weighted by atomic mass is 9.83. The maximum Gasteiger partial charge on any atom is 0.326 e. The number of carboxylic acid groups (broad SMARTS) is 1. The van der Waals surface area contributed by atoms with Crippen molar-refractivity contribution < 1.29 is 14.7 Å². The fourth-order valence-electron chi connectivity index (χ4n) is 2.70. The zero-order valence-corrected chi connectivity index (χ0v) is 11.9. The van der Waals surface area contributed by atoms with Crippen molar-refractivity contribution in [2.45, 2.75) is 70.4 Å². The fourth-order valence-corrected chi connectivity index (χ4v) is 2.70. The van der Waals surface area contributed by atoms with Crippen molar-refractivity contribution in [1.29, 1.82) is 0 Å². The van der Waals surface area contributed by atoms with Crippen molar-refractivity contribution in [2.24, 2.45) is 11.7 Å². The van der Waals surface area contributed by atoms with Crippen LogP contribution in [0.2, 0.25) is 0 Å². The van der Waals surface area contributed by atoms with Crippen molar-refractivity contribution in [3.8, 4) is 0 Å². The lowest BCUT2D eigenvalue weighted by Crippen LogP contribution is -2.58. The SMILES string of the molecule is CCC(N)(CC)C(=O)NC(C(=O)O)C1CCCCC1. The van der Waals surface area contributed by atoms with Gasteiger partial charge in [-0.3, -0.25) is 4.79 Å². The molecule has 1 saturated carbocycles.